The van der Waals surface area contributed by atoms with E-state index in [1.54, 1.807) is 37.3 Å². The first-order chi connectivity index (χ1) is 16.5. The zero-order chi connectivity index (χ0) is 24.1. The van der Waals surface area contributed by atoms with Crippen LogP contribution < -0.4 is 9.47 Å². The molecule has 1 heterocycles. The van der Waals surface area contributed by atoms with Gasteiger partial charge in [0.1, 0.15) is 6.61 Å². The Hall–Kier alpha value is -3.71. The number of benzene rings is 3. The SMILES string of the molecule is CCOc1cc(/C=C2/C(=O)N(C(=O)c3ccccc3)N=C2C)ccc1OCc1ccc(Br)cc1. The Morgan fingerprint density at radius 2 is 1.74 bits per heavy atom. The summed E-state index contributed by atoms with van der Waals surface area (Å²) >= 11 is 3.43. The van der Waals surface area contributed by atoms with Crippen LogP contribution in [0.1, 0.15) is 35.3 Å². The largest absolute Gasteiger partial charge is 0.490 e. The number of carbonyl (C=O) groups excluding carboxylic acids is 2. The lowest BCUT2D eigenvalue weighted by Crippen LogP contribution is -2.29. The lowest BCUT2D eigenvalue weighted by molar-refractivity contribution is -0.123. The molecule has 0 unspecified atom stereocenters. The average Bonchev–Trinajstić information content (AvgIpc) is 3.13. The molecule has 2 amide bonds. The van der Waals surface area contributed by atoms with Gasteiger partial charge in [-0.1, -0.05) is 52.3 Å². The van der Waals surface area contributed by atoms with Crippen molar-refractivity contribution in [2.75, 3.05) is 6.61 Å². The Morgan fingerprint density at radius 1 is 1.00 bits per heavy atom. The summed E-state index contributed by atoms with van der Waals surface area (Å²) in [5, 5.41) is 5.10. The van der Waals surface area contributed by atoms with Crippen LogP contribution in [0.4, 0.5) is 0 Å². The van der Waals surface area contributed by atoms with Gasteiger partial charge in [0.25, 0.3) is 11.8 Å². The van der Waals surface area contributed by atoms with Gasteiger partial charge in [0, 0.05) is 10.0 Å². The molecule has 4 rings (SSSR count). The molecule has 0 bridgehead atoms. The Morgan fingerprint density at radius 3 is 2.44 bits per heavy atom. The summed E-state index contributed by atoms with van der Waals surface area (Å²) in [5.74, 6) is 0.266. The van der Waals surface area contributed by atoms with Gasteiger partial charge in [-0.3, -0.25) is 9.59 Å². The molecule has 0 aliphatic carbocycles. The number of hydrogen-bond donors (Lipinski definition) is 0. The molecular formula is C27H23BrN2O4. The molecule has 3 aromatic rings. The van der Waals surface area contributed by atoms with Crippen molar-refractivity contribution in [2.45, 2.75) is 20.5 Å². The fraction of sp³-hybridized carbons (Fsp3) is 0.148. The molecule has 0 radical (unpaired) electrons. The first-order valence-corrected chi connectivity index (χ1v) is 11.6. The molecule has 6 nitrogen and oxygen atoms in total. The molecule has 0 saturated carbocycles. The minimum absolute atomic E-state index is 0.357. The Bertz CT molecular complexity index is 1270. The normalized spacial score (nSPS) is 14.3. The average molecular weight is 519 g/mol. The number of hydrogen-bond acceptors (Lipinski definition) is 5. The highest BCUT2D eigenvalue weighted by Crippen LogP contribution is 2.31. The number of imide groups is 1. The van der Waals surface area contributed by atoms with Gasteiger partial charge in [0.2, 0.25) is 0 Å². The van der Waals surface area contributed by atoms with Crippen LogP contribution in [-0.4, -0.2) is 29.1 Å². The summed E-state index contributed by atoms with van der Waals surface area (Å²) in [6.07, 6.45) is 1.71. The minimum Gasteiger partial charge on any atom is -0.490 e. The predicted molar refractivity (Wildman–Crippen MR) is 135 cm³/mol. The Kier molecular flexibility index (Phi) is 7.23. The van der Waals surface area contributed by atoms with Crippen molar-refractivity contribution >= 4 is 39.5 Å². The second kappa shape index (κ2) is 10.5. The van der Waals surface area contributed by atoms with Crippen LogP contribution in [0.15, 0.2) is 87.9 Å². The zero-order valence-electron chi connectivity index (χ0n) is 18.8. The molecule has 1 aliphatic heterocycles. The monoisotopic (exact) mass is 518 g/mol. The number of carbonyl (C=O) groups is 2. The summed E-state index contributed by atoms with van der Waals surface area (Å²) in [4.78, 5) is 25.7. The van der Waals surface area contributed by atoms with E-state index in [2.05, 4.69) is 21.0 Å². The van der Waals surface area contributed by atoms with E-state index >= 15 is 0 Å². The van der Waals surface area contributed by atoms with Crippen LogP contribution in [-0.2, 0) is 11.4 Å². The standard InChI is InChI=1S/C27H23BrN2O4/c1-3-33-25-16-20(11-14-24(25)34-17-19-9-12-22(28)13-10-19)15-23-18(2)29-30(27(23)32)26(31)21-7-5-4-6-8-21/h4-16H,3,17H2,1-2H3/b23-15+. The van der Waals surface area contributed by atoms with E-state index in [4.69, 9.17) is 9.47 Å². The van der Waals surface area contributed by atoms with Crippen molar-refractivity contribution in [2.24, 2.45) is 5.10 Å². The molecule has 7 heteroatoms. The van der Waals surface area contributed by atoms with Gasteiger partial charge >= 0.3 is 0 Å². The van der Waals surface area contributed by atoms with E-state index in [0.29, 0.717) is 41.6 Å². The zero-order valence-corrected chi connectivity index (χ0v) is 20.4. The third-order valence-electron chi connectivity index (χ3n) is 5.16. The van der Waals surface area contributed by atoms with Crippen molar-refractivity contribution in [3.63, 3.8) is 0 Å². The molecule has 34 heavy (non-hydrogen) atoms. The molecule has 1 aliphatic rings. The summed E-state index contributed by atoms with van der Waals surface area (Å²) in [6, 6.07) is 22.0. The van der Waals surface area contributed by atoms with E-state index in [9.17, 15) is 9.59 Å². The molecule has 172 valence electrons. The van der Waals surface area contributed by atoms with Gasteiger partial charge in [-0.25, -0.2) is 0 Å². The second-order valence-electron chi connectivity index (χ2n) is 7.59. The molecule has 0 spiro atoms. The fourth-order valence-electron chi connectivity index (χ4n) is 3.44. The number of ether oxygens (including phenoxy) is 2. The predicted octanol–water partition coefficient (Wildman–Crippen LogP) is 5.87. The second-order valence-corrected chi connectivity index (χ2v) is 8.50. The van der Waals surface area contributed by atoms with Crippen molar-refractivity contribution in [3.8, 4) is 11.5 Å². The van der Waals surface area contributed by atoms with Crippen LogP contribution in [0.5, 0.6) is 11.5 Å². The van der Waals surface area contributed by atoms with Crippen molar-refractivity contribution < 1.29 is 19.1 Å². The third kappa shape index (κ3) is 5.26. The molecular weight excluding hydrogens is 496 g/mol. The highest BCUT2D eigenvalue weighted by molar-refractivity contribution is 9.10. The van der Waals surface area contributed by atoms with E-state index in [1.807, 2.05) is 55.5 Å². The van der Waals surface area contributed by atoms with Gasteiger partial charge in [-0.05, 0) is 67.4 Å². The Balaban J connectivity index is 1.54. The van der Waals surface area contributed by atoms with Gasteiger partial charge in [0.05, 0.1) is 17.9 Å². The van der Waals surface area contributed by atoms with Crippen LogP contribution in [0, 0.1) is 0 Å². The number of halogens is 1. The third-order valence-corrected chi connectivity index (χ3v) is 5.69. The number of amides is 2. The molecule has 3 aromatic carbocycles. The molecule has 0 atom stereocenters. The number of nitrogens with zero attached hydrogens (tertiary/aromatic N) is 2. The lowest BCUT2D eigenvalue weighted by Gasteiger charge is -2.13. The highest BCUT2D eigenvalue weighted by Gasteiger charge is 2.32. The van der Waals surface area contributed by atoms with Crippen molar-refractivity contribution in [3.05, 3.63) is 99.5 Å². The van der Waals surface area contributed by atoms with Gasteiger partial charge < -0.3 is 9.47 Å². The molecule has 0 aromatic heterocycles. The van der Waals surface area contributed by atoms with E-state index < -0.39 is 11.8 Å². The quantitative estimate of drug-likeness (QED) is 0.289. The summed E-state index contributed by atoms with van der Waals surface area (Å²) in [5.41, 5.74) is 3.01. The smallest absolute Gasteiger partial charge is 0.283 e. The summed E-state index contributed by atoms with van der Waals surface area (Å²) < 4.78 is 12.8. The Labute approximate surface area is 206 Å². The maximum absolute atomic E-state index is 13.0. The molecule has 0 N–H and O–H groups in total. The van der Waals surface area contributed by atoms with Crippen LogP contribution in [0.25, 0.3) is 6.08 Å². The fourth-order valence-corrected chi connectivity index (χ4v) is 3.70. The maximum Gasteiger partial charge on any atom is 0.283 e. The lowest BCUT2D eigenvalue weighted by atomic mass is 10.1. The maximum atomic E-state index is 13.0. The summed E-state index contributed by atoms with van der Waals surface area (Å²) in [6.45, 7) is 4.47. The number of rotatable bonds is 7. The highest BCUT2D eigenvalue weighted by atomic mass is 79.9. The van der Waals surface area contributed by atoms with E-state index in [-0.39, 0.29) is 0 Å². The van der Waals surface area contributed by atoms with Crippen LogP contribution in [0.3, 0.4) is 0 Å². The molecule has 0 saturated heterocycles. The van der Waals surface area contributed by atoms with E-state index in [0.717, 1.165) is 20.6 Å². The first kappa shape index (κ1) is 23.4. The first-order valence-electron chi connectivity index (χ1n) is 10.8. The van der Waals surface area contributed by atoms with E-state index in [1.165, 1.54) is 0 Å². The molecule has 0 fully saturated rings. The van der Waals surface area contributed by atoms with Gasteiger partial charge in [-0.15, -0.1) is 0 Å². The topological polar surface area (TPSA) is 68.2 Å². The number of hydrazone groups is 1. The van der Waals surface area contributed by atoms with Crippen LogP contribution in [0.2, 0.25) is 0 Å². The van der Waals surface area contributed by atoms with Crippen LogP contribution >= 0.6 is 15.9 Å². The van der Waals surface area contributed by atoms with Crippen molar-refractivity contribution in [1.29, 1.82) is 0 Å². The van der Waals surface area contributed by atoms with Crippen molar-refractivity contribution in [1.82, 2.24) is 5.01 Å². The van der Waals surface area contributed by atoms with Gasteiger partial charge in [0.15, 0.2) is 11.5 Å². The minimum atomic E-state index is -0.458. The van der Waals surface area contributed by atoms with Gasteiger partial charge in [-0.2, -0.15) is 10.1 Å². The summed E-state index contributed by atoms with van der Waals surface area (Å²) in [7, 11) is 0.